The lowest BCUT2D eigenvalue weighted by Gasteiger charge is -2.20. The average Bonchev–Trinajstić information content (AvgIpc) is 2.16. The molecule has 0 saturated carbocycles. The second-order valence-electron chi connectivity index (χ2n) is 3.99. The summed E-state index contributed by atoms with van der Waals surface area (Å²) >= 11 is 0. The van der Waals surface area contributed by atoms with Gasteiger partial charge in [0.05, 0.1) is 19.1 Å². The molecule has 0 aliphatic rings. The Hall–Kier alpha value is -0.570. The van der Waals surface area contributed by atoms with E-state index in [1.807, 2.05) is 6.92 Å². The predicted molar refractivity (Wildman–Crippen MR) is 55.9 cm³/mol. The van der Waals surface area contributed by atoms with Gasteiger partial charge >= 0.3 is 5.97 Å². The van der Waals surface area contributed by atoms with Crippen molar-refractivity contribution in [2.24, 2.45) is 11.8 Å². The van der Waals surface area contributed by atoms with Gasteiger partial charge in [-0.05, 0) is 18.8 Å². The standard InChI is InChI=1S/C11H22O3/c1-5-6-8(2)10(12)7-9(3)11(13)14-4/h8-10,12H,5-7H2,1-4H3. The summed E-state index contributed by atoms with van der Waals surface area (Å²) < 4.78 is 4.60. The Balaban J connectivity index is 3.91. The number of hydrogen-bond acceptors (Lipinski definition) is 3. The fraction of sp³-hybridized carbons (Fsp3) is 0.909. The monoisotopic (exact) mass is 202 g/mol. The van der Waals surface area contributed by atoms with Gasteiger partial charge in [0, 0.05) is 0 Å². The molecule has 0 bridgehead atoms. The molecule has 0 heterocycles. The van der Waals surface area contributed by atoms with Crippen molar-refractivity contribution in [3.05, 3.63) is 0 Å². The lowest BCUT2D eigenvalue weighted by Crippen LogP contribution is -2.24. The van der Waals surface area contributed by atoms with Crippen LogP contribution in [-0.4, -0.2) is 24.3 Å². The summed E-state index contributed by atoms with van der Waals surface area (Å²) in [6, 6.07) is 0. The normalized spacial score (nSPS) is 17.2. The van der Waals surface area contributed by atoms with Crippen LogP contribution in [0.25, 0.3) is 0 Å². The fourth-order valence-electron chi connectivity index (χ4n) is 1.54. The molecule has 0 aromatic rings. The molecule has 3 heteroatoms. The minimum Gasteiger partial charge on any atom is -0.469 e. The number of ether oxygens (including phenoxy) is 1. The van der Waals surface area contributed by atoms with E-state index in [4.69, 9.17) is 0 Å². The second-order valence-corrected chi connectivity index (χ2v) is 3.99. The Labute approximate surface area is 86.5 Å². The number of rotatable bonds is 6. The van der Waals surface area contributed by atoms with Crippen molar-refractivity contribution >= 4 is 5.97 Å². The van der Waals surface area contributed by atoms with Gasteiger partial charge in [-0.1, -0.05) is 27.2 Å². The molecule has 0 aromatic carbocycles. The van der Waals surface area contributed by atoms with Gasteiger partial charge in [-0.3, -0.25) is 4.79 Å². The van der Waals surface area contributed by atoms with Gasteiger partial charge < -0.3 is 9.84 Å². The minimum absolute atomic E-state index is 0.214. The number of aliphatic hydroxyl groups excluding tert-OH is 1. The lowest BCUT2D eigenvalue weighted by molar-refractivity contribution is -0.146. The molecule has 1 N–H and O–H groups in total. The Morgan fingerprint density at radius 3 is 2.43 bits per heavy atom. The number of aliphatic hydroxyl groups is 1. The first-order chi connectivity index (χ1) is 6.52. The highest BCUT2D eigenvalue weighted by Crippen LogP contribution is 2.18. The highest BCUT2D eigenvalue weighted by molar-refractivity contribution is 5.71. The van der Waals surface area contributed by atoms with Crippen LogP contribution in [0.3, 0.4) is 0 Å². The van der Waals surface area contributed by atoms with Crippen LogP contribution >= 0.6 is 0 Å². The van der Waals surface area contributed by atoms with Crippen LogP contribution in [0.2, 0.25) is 0 Å². The average molecular weight is 202 g/mol. The molecule has 0 aromatic heterocycles. The summed E-state index contributed by atoms with van der Waals surface area (Å²) in [4.78, 5) is 11.1. The van der Waals surface area contributed by atoms with E-state index in [-0.39, 0.29) is 17.8 Å². The molecule has 0 aliphatic carbocycles. The quantitative estimate of drug-likeness (QED) is 0.670. The lowest BCUT2D eigenvalue weighted by atomic mass is 9.92. The van der Waals surface area contributed by atoms with Crippen molar-refractivity contribution in [1.29, 1.82) is 0 Å². The molecule has 0 rings (SSSR count). The maximum absolute atomic E-state index is 11.1. The van der Waals surface area contributed by atoms with Gasteiger partial charge in [-0.15, -0.1) is 0 Å². The summed E-state index contributed by atoms with van der Waals surface area (Å²) in [6.07, 6.45) is 2.15. The Bertz CT molecular complexity index is 168. The Morgan fingerprint density at radius 2 is 2.00 bits per heavy atom. The summed E-state index contributed by atoms with van der Waals surface area (Å²) in [5, 5.41) is 9.76. The highest BCUT2D eigenvalue weighted by Gasteiger charge is 2.21. The van der Waals surface area contributed by atoms with E-state index >= 15 is 0 Å². The largest absolute Gasteiger partial charge is 0.469 e. The fourth-order valence-corrected chi connectivity index (χ4v) is 1.54. The molecule has 0 amide bonds. The minimum atomic E-state index is -0.399. The van der Waals surface area contributed by atoms with Gasteiger partial charge in [0.15, 0.2) is 0 Å². The molecular weight excluding hydrogens is 180 g/mol. The van der Waals surface area contributed by atoms with E-state index in [2.05, 4.69) is 11.7 Å². The maximum Gasteiger partial charge on any atom is 0.308 e. The summed E-state index contributed by atoms with van der Waals surface area (Å²) in [7, 11) is 1.38. The van der Waals surface area contributed by atoms with Gasteiger partial charge in [-0.2, -0.15) is 0 Å². The van der Waals surface area contributed by atoms with Crippen LogP contribution in [-0.2, 0) is 9.53 Å². The summed E-state index contributed by atoms with van der Waals surface area (Å²) in [6.45, 7) is 5.89. The number of carbonyl (C=O) groups is 1. The maximum atomic E-state index is 11.1. The second kappa shape index (κ2) is 6.82. The molecule has 14 heavy (non-hydrogen) atoms. The van der Waals surface area contributed by atoms with Crippen LogP contribution in [0.15, 0.2) is 0 Å². The van der Waals surface area contributed by atoms with E-state index in [0.29, 0.717) is 6.42 Å². The summed E-state index contributed by atoms with van der Waals surface area (Å²) in [5.41, 5.74) is 0. The Kier molecular flexibility index (Phi) is 6.54. The Morgan fingerprint density at radius 1 is 1.43 bits per heavy atom. The number of esters is 1. The first kappa shape index (κ1) is 13.4. The number of hydrogen-bond donors (Lipinski definition) is 1. The molecule has 84 valence electrons. The zero-order valence-corrected chi connectivity index (χ0v) is 9.62. The van der Waals surface area contributed by atoms with E-state index in [1.165, 1.54) is 7.11 Å². The first-order valence-corrected chi connectivity index (χ1v) is 5.28. The van der Waals surface area contributed by atoms with E-state index in [0.717, 1.165) is 12.8 Å². The van der Waals surface area contributed by atoms with Gasteiger partial charge in [0.1, 0.15) is 0 Å². The third kappa shape index (κ3) is 4.61. The molecule has 0 saturated heterocycles. The highest BCUT2D eigenvalue weighted by atomic mass is 16.5. The third-order valence-corrected chi connectivity index (χ3v) is 2.60. The molecule has 3 atom stereocenters. The van der Waals surface area contributed by atoms with Gasteiger partial charge in [0.2, 0.25) is 0 Å². The van der Waals surface area contributed by atoms with Gasteiger partial charge in [-0.25, -0.2) is 0 Å². The molecular formula is C11H22O3. The van der Waals surface area contributed by atoms with Crippen LogP contribution in [0, 0.1) is 11.8 Å². The van der Waals surface area contributed by atoms with Crippen LogP contribution < -0.4 is 0 Å². The zero-order valence-electron chi connectivity index (χ0n) is 9.62. The number of carbonyl (C=O) groups excluding carboxylic acids is 1. The van der Waals surface area contributed by atoms with E-state index < -0.39 is 6.10 Å². The molecule has 3 unspecified atom stereocenters. The topological polar surface area (TPSA) is 46.5 Å². The van der Waals surface area contributed by atoms with Crippen molar-refractivity contribution in [3.8, 4) is 0 Å². The van der Waals surface area contributed by atoms with Crippen molar-refractivity contribution in [2.75, 3.05) is 7.11 Å². The molecule has 3 nitrogen and oxygen atoms in total. The molecule has 0 radical (unpaired) electrons. The number of methoxy groups -OCH3 is 1. The van der Waals surface area contributed by atoms with Crippen LogP contribution in [0.4, 0.5) is 0 Å². The van der Waals surface area contributed by atoms with Crippen molar-refractivity contribution in [3.63, 3.8) is 0 Å². The van der Waals surface area contributed by atoms with Gasteiger partial charge in [0.25, 0.3) is 0 Å². The van der Waals surface area contributed by atoms with Crippen molar-refractivity contribution in [2.45, 2.75) is 46.1 Å². The SMILES string of the molecule is CCCC(C)C(O)CC(C)C(=O)OC. The summed E-state index contributed by atoms with van der Waals surface area (Å²) in [5.74, 6) is -0.200. The van der Waals surface area contributed by atoms with Crippen LogP contribution in [0.5, 0.6) is 0 Å². The van der Waals surface area contributed by atoms with Crippen LogP contribution in [0.1, 0.15) is 40.0 Å². The zero-order chi connectivity index (χ0) is 11.1. The third-order valence-electron chi connectivity index (χ3n) is 2.60. The van der Waals surface area contributed by atoms with Crippen molar-refractivity contribution in [1.82, 2.24) is 0 Å². The molecule has 0 spiro atoms. The first-order valence-electron chi connectivity index (χ1n) is 5.28. The van der Waals surface area contributed by atoms with Crippen molar-refractivity contribution < 1.29 is 14.6 Å². The van der Waals surface area contributed by atoms with E-state index in [9.17, 15) is 9.90 Å². The smallest absolute Gasteiger partial charge is 0.308 e. The predicted octanol–water partition coefficient (Wildman–Crippen LogP) is 1.98. The molecule has 0 fully saturated rings. The van der Waals surface area contributed by atoms with E-state index in [1.54, 1.807) is 6.92 Å². The molecule has 0 aliphatic heterocycles.